The Balaban J connectivity index is 1.66. The maximum Gasteiger partial charge on any atom is 0.267 e. The predicted octanol–water partition coefficient (Wildman–Crippen LogP) is 1.36. The molecule has 1 aromatic rings. The summed E-state index contributed by atoms with van der Waals surface area (Å²) in [4.78, 5) is 14.3. The molecule has 1 fully saturated rings. The number of carbonyl (C=O) groups excluding carboxylic acids is 1. The van der Waals surface area contributed by atoms with Crippen LogP contribution in [0.3, 0.4) is 0 Å². The van der Waals surface area contributed by atoms with Crippen LogP contribution in [-0.4, -0.2) is 52.8 Å². The zero-order chi connectivity index (χ0) is 14.5. The molecule has 112 valence electrons. The molecule has 1 aromatic heterocycles. The Kier molecular flexibility index (Phi) is 5.63. The average molecular weight is 344 g/mol. The number of aliphatic hydroxyl groups is 1. The standard InChI is InChI=1S/C14H22BrN3O2/c1-17-10-11(15)9-13(17)14(20)16-5-2-6-18-7-3-12(19)4-8-18/h9-10,12,19H,2-8H2,1H3,(H,16,20). The van der Waals surface area contributed by atoms with E-state index in [9.17, 15) is 9.90 Å². The molecule has 0 unspecified atom stereocenters. The molecule has 0 saturated carbocycles. The number of amides is 1. The summed E-state index contributed by atoms with van der Waals surface area (Å²) in [6, 6.07) is 1.82. The third-order valence-corrected chi connectivity index (χ3v) is 4.13. The first-order valence-corrected chi connectivity index (χ1v) is 7.86. The van der Waals surface area contributed by atoms with Crippen LogP contribution in [0.2, 0.25) is 0 Å². The van der Waals surface area contributed by atoms with Gasteiger partial charge in [0.25, 0.3) is 5.91 Å². The molecular weight excluding hydrogens is 322 g/mol. The van der Waals surface area contributed by atoms with Crippen molar-refractivity contribution in [2.45, 2.75) is 25.4 Å². The summed E-state index contributed by atoms with van der Waals surface area (Å²) >= 11 is 3.36. The minimum atomic E-state index is -0.123. The number of carbonyl (C=O) groups is 1. The molecule has 1 aliphatic rings. The Morgan fingerprint density at radius 1 is 1.50 bits per heavy atom. The summed E-state index contributed by atoms with van der Waals surface area (Å²) in [5.74, 6) is -0.0349. The maximum absolute atomic E-state index is 12.0. The van der Waals surface area contributed by atoms with Crippen molar-refractivity contribution in [1.29, 1.82) is 0 Å². The Morgan fingerprint density at radius 2 is 2.20 bits per heavy atom. The molecule has 5 nitrogen and oxygen atoms in total. The van der Waals surface area contributed by atoms with Crippen LogP contribution in [0.5, 0.6) is 0 Å². The van der Waals surface area contributed by atoms with E-state index in [2.05, 4.69) is 26.1 Å². The summed E-state index contributed by atoms with van der Waals surface area (Å²) in [5.41, 5.74) is 0.665. The Hall–Kier alpha value is -0.850. The van der Waals surface area contributed by atoms with E-state index in [1.165, 1.54) is 0 Å². The third-order valence-electron chi connectivity index (χ3n) is 3.70. The SMILES string of the molecule is Cn1cc(Br)cc1C(=O)NCCCN1CCC(O)CC1. The van der Waals surface area contributed by atoms with Gasteiger partial charge in [-0.1, -0.05) is 0 Å². The van der Waals surface area contributed by atoms with E-state index in [0.717, 1.165) is 43.4 Å². The fraction of sp³-hybridized carbons (Fsp3) is 0.643. The highest BCUT2D eigenvalue weighted by Gasteiger charge is 2.16. The zero-order valence-corrected chi connectivity index (χ0v) is 13.4. The molecule has 0 aromatic carbocycles. The number of halogens is 1. The number of aliphatic hydroxyl groups excluding tert-OH is 1. The minimum Gasteiger partial charge on any atom is -0.393 e. The number of hydrogen-bond acceptors (Lipinski definition) is 3. The van der Waals surface area contributed by atoms with Crippen molar-refractivity contribution in [3.05, 3.63) is 22.4 Å². The molecule has 0 spiro atoms. The molecule has 2 N–H and O–H groups in total. The molecule has 0 bridgehead atoms. The van der Waals surface area contributed by atoms with Crippen molar-refractivity contribution in [3.8, 4) is 0 Å². The van der Waals surface area contributed by atoms with Gasteiger partial charge in [0.1, 0.15) is 5.69 Å². The first-order chi connectivity index (χ1) is 9.56. The van der Waals surface area contributed by atoms with E-state index in [-0.39, 0.29) is 12.0 Å². The number of nitrogens with zero attached hydrogens (tertiary/aromatic N) is 2. The van der Waals surface area contributed by atoms with Crippen molar-refractivity contribution in [2.24, 2.45) is 7.05 Å². The molecule has 20 heavy (non-hydrogen) atoms. The minimum absolute atomic E-state index is 0.0349. The number of hydrogen-bond donors (Lipinski definition) is 2. The van der Waals surface area contributed by atoms with Crippen molar-refractivity contribution >= 4 is 21.8 Å². The van der Waals surface area contributed by atoms with Gasteiger partial charge in [0.2, 0.25) is 0 Å². The lowest BCUT2D eigenvalue weighted by molar-refractivity contribution is 0.0816. The van der Waals surface area contributed by atoms with Gasteiger partial charge in [-0.15, -0.1) is 0 Å². The van der Waals surface area contributed by atoms with Crippen LogP contribution >= 0.6 is 15.9 Å². The lowest BCUT2D eigenvalue weighted by Crippen LogP contribution is -2.37. The van der Waals surface area contributed by atoms with Gasteiger partial charge in [0, 0.05) is 37.4 Å². The van der Waals surface area contributed by atoms with E-state index in [0.29, 0.717) is 12.2 Å². The third kappa shape index (κ3) is 4.33. The average Bonchev–Trinajstić information content (AvgIpc) is 2.75. The van der Waals surface area contributed by atoms with Crippen LogP contribution in [0.25, 0.3) is 0 Å². The van der Waals surface area contributed by atoms with Crippen LogP contribution in [0.1, 0.15) is 29.8 Å². The van der Waals surface area contributed by atoms with Gasteiger partial charge in [-0.3, -0.25) is 4.79 Å². The number of rotatable bonds is 5. The first kappa shape index (κ1) is 15.5. The van der Waals surface area contributed by atoms with E-state index in [4.69, 9.17) is 0 Å². The smallest absolute Gasteiger partial charge is 0.267 e. The van der Waals surface area contributed by atoms with Gasteiger partial charge in [-0.05, 0) is 47.8 Å². The number of likely N-dealkylation sites (tertiary alicyclic amines) is 1. The highest BCUT2D eigenvalue weighted by Crippen LogP contribution is 2.13. The van der Waals surface area contributed by atoms with Gasteiger partial charge in [0.05, 0.1) is 6.10 Å². The van der Waals surface area contributed by atoms with Crippen LogP contribution in [0, 0.1) is 0 Å². The molecule has 0 radical (unpaired) electrons. The van der Waals surface area contributed by atoms with Crippen LogP contribution in [-0.2, 0) is 7.05 Å². The summed E-state index contributed by atoms with van der Waals surface area (Å²) in [7, 11) is 1.86. The quantitative estimate of drug-likeness (QED) is 0.793. The maximum atomic E-state index is 12.0. The van der Waals surface area contributed by atoms with Crippen LogP contribution in [0.15, 0.2) is 16.7 Å². The number of aromatic nitrogens is 1. The van der Waals surface area contributed by atoms with Crippen molar-refractivity contribution in [3.63, 3.8) is 0 Å². The largest absolute Gasteiger partial charge is 0.393 e. The summed E-state index contributed by atoms with van der Waals surface area (Å²) < 4.78 is 2.72. The van der Waals surface area contributed by atoms with Gasteiger partial charge in [0.15, 0.2) is 0 Å². The van der Waals surface area contributed by atoms with Crippen molar-refractivity contribution < 1.29 is 9.90 Å². The second kappa shape index (κ2) is 7.24. The molecule has 2 rings (SSSR count). The molecule has 1 aliphatic heterocycles. The number of nitrogens with one attached hydrogen (secondary N) is 1. The zero-order valence-electron chi connectivity index (χ0n) is 11.8. The van der Waals surface area contributed by atoms with E-state index in [1.807, 2.05) is 23.9 Å². The Morgan fingerprint density at radius 3 is 2.80 bits per heavy atom. The monoisotopic (exact) mass is 343 g/mol. The Labute approximate surface area is 128 Å². The molecule has 2 heterocycles. The lowest BCUT2D eigenvalue weighted by Gasteiger charge is -2.29. The highest BCUT2D eigenvalue weighted by atomic mass is 79.9. The second-order valence-corrected chi connectivity index (χ2v) is 6.25. The second-order valence-electron chi connectivity index (χ2n) is 5.34. The summed E-state index contributed by atoms with van der Waals surface area (Å²) in [5, 5.41) is 12.4. The van der Waals surface area contributed by atoms with Crippen molar-refractivity contribution in [2.75, 3.05) is 26.2 Å². The van der Waals surface area contributed by atoms with Gasteiger partial charge in [-0.2, -0.15) is 0 Å². The first-order valence-electron chi connectivity index (χ1n) is 7.07. The Bertz CT molecular complexity index is 453. The highest BCUT2D eigenvalue weighted by molar-refractivity contribution is 9.10. The van der Waals surface area contributed by atoms with Crippen LogP contribution < -0.4 is 5.32 Å². The number of aryl methyl sites for hydroxylation is 1. The van der Waals surface area contributed by atoms with Gasteiger partial charge < -0.3 is 19.9 Å². The molecule has 0 aliphatic carbocycles. The molecular formula is C14H22BrN3O2. The summed E-state index contributed by atoms with van der Waals surface area (Å²) in [6.45, 7) is 3.57. The number of piperidine rings is 1. The van der Waals surface area contributed by atoms with E-state index in [1.54, 1.807) is 0 Å². The molecule has 0 atom stereocenters. The normalized spacial score (nSPS) is 17.4. The fourth-order valence-electron chi connectivity index (χ4n) is 2.49. The van der Waals surface area contributed by atoms with Crippen molar-refractivity contribution in [1.82, 2.24) is 14.8 Å². The van der Waals surface area contributed by atoms with E-state index < -0.39 is 0 Å². The van der Waals surface area contributed by atoms with Crippen LogP contribution in [0.4, 0.5) is 0 Å². The topological polar surface area (TPSA) is 57.5 Å². The van der Waals surface area contributed by atoms with E-state index >= 15 is 0 Å². The fourth-order valence-corrected chi connectivity index (χ4v) is 3.01. The summed E-state index contributed by atoms with van der Waals surface area (Å²) in [6.07, 6.45) is 4.41. The predicted molar refractivity (Wildman–Crippen MR) is 81.7 cm³/mol. The van der Waals surface area contributed by atoms with Gasteiger partial charge >= 0.3 is 0 Å². The molecule has 1 saturated heterocycles. The molecule has 6 heteroatoms. The molecule has 1 amide bonds. The lowest BCUT2D eigenvalue weighted by atomic mass is 10.1. The van der Waals surface area contributed by atoms with Gasteiger partial charge in [-0.25, -0.2) is 0 Å².